The first kappa shape index (κ1) is 13.2. The fourth-order valence-corrected chi connectivity index (χ4v) is 2.02. The molecule has 19 heavy (non-hydrogen) atoms. The van der Waals surface area contributed by atoms with Crippen molar-refractivity contribution in [3.8, 4) is 0 Å². The van der Waals surface area contributed by atoms with Crippen molar-refractivity contribution in [1.82, 2.24) is 0 Å². The minimum atomic E-state index is -1.04. The molecule has 0 bridgehead atoms. The molecule has 0 aliphatic heterocycles. The van der Waals surface area contributed by atoms with Crippen LogP contribution in [-0.4, -0.2) is 11.1 Å². The van der Waals surface area contributed by atoms with Gasteiger partial charge >= 0.3 is 5.97 Å². The van der Waals surface area contributed by atoms with Crippen LogP contribution >= 0.6 is 0 Å². The number of hydrogen-bond acceptors (Lipinski definition) is 3. The monoisotopic (exact) mass is 259 g/mol. The van der Waals surface area contributed by atoms with E-state index in [-0.39, 0.29) is 5.76 Å². The van der Waals surface area contributed by atoms with Gasteiger partial charge in [-0.2, -0.15) is 0 Å². The summed E-state index contributed by atoms with van der Waals surface area (Å²) in [6.45, 7) is 4.64. The standard InChI is InChI=1S/C15H17NO3/c1-3-11-8-13(5-4-10(11)2)16-9-12-6-7-19-14(12)15(17)18/h4-8,16H,3,9H2,1-2H3,(H,17,18). The molecule has 4 heteroatoms. The molecular weight excluding hydrogens is 242 g/mol. The number of nitrogens with one attached hydrogen (secondary N) is 1. The van der Waals surface area contributed by atoms with Gasteiger partial charge in [0.2, 0.25) is 5.76 Å². The minimum Gasteiger partial charge on any atom is -0.475 e. The zero-order chi connectivity index (χ0) is 13.8. The number of carboxylic acids is 1. The second kappa shape index (κ2) is 5.61. The molecule has 0 saturated heterocycles. The largest absolute Gasteiger partial charge is 0.475 e. The predicted molar refractivity (Wildman–Crippen MR) is 73.6 cm³/mol. The Morgan fingerprint density at radius 1 is 1.32 bits per heavy atom. The van der Waals surface area contributed by atoms with Gasteiger partial charge in [-0.25, -0.2) is 4.79 Å². The van der Waals surface area contributed by atoms with Gasteiger partial charge in [-0.05, 0) is 42.7 Å². The molecule has 0 amide bonds. The Kier molecular flexibility index (Phi) is 3.90. The SMILES string of the molecule is CCc1cc(NCc2ccoc2C(=O)O)ccc1C. The highest BCUT2D eigenvalue weighted by Gasteiger charge is 2.13. The molecule has 1 aromatic heterocycles. The molecule has 4 nitrogen and oxygen atoms in total. The fraction of sp³-hybridized carbons (Fsp3) is 0.267. The number of hydrogen-bond donors (Lipinski definition) is 2. The van der Waals surface area contributed by atoms with Crippen LogP contribution in [0.5, 0.6) is 0 Å². The van der Waals surface area contributed by atoms with Gasteiger partial charge < -0.3 is 14.8 Å². The first-order valence-electron chi connectivity index (χ1n) is 6.25. The fourth-order valence-electron chi connectivity index (χ4n) is 2.02. The van der Waals surface area contributed by atoms with Gasteiger partial charge in [0.1, 0.15) is 0 Å². The van der Waals surface area contributed by atoms with Crippen molar-refractivity contribution in [1.29, 1.82) is 0 Å². The van der Waals surface area contributed by atoms with Crippen LogP contribution in [0.4, 0.5) is 5.69 Å². The van der Waals surface area contributed by atoms with Crippen LogP contribution in [0.2, 0.25) is 0 Å². The summed E-state index contributed by atoms with van der Waals surface area (Å²) in [5.41, 5.74) is 4.18. The minimum absolute atomic E-state index is 0.00433. The van der Waals surface area contributed by atoms with Crippen molar-refractivity contribution >= 4 is 11.7 Å². The van der Waals surface area contributed by atoms with Crippen LogP contribution in [0, 0.1) is 6.92 Å². The summed E-state index contributed by atoms with van der Waals surface area (Å²) in [7, 11) is 0. The van der Waals surface area contributed by atoms with Crippen LogP contribution < -0.4 is 5.32 Å². The van der Waals surface area contributed by atoms with Crippen LogP contribution in [0.3, 0.4) is 0 Å². The third-order valence-corrected chi connectivity index (χ3v) is 3.15. The second-order valence-electron chi connectivity index (χ2n) is 4.43. The number of aromatic carboxylic acids is 1. The Hall–Kier alpha value is -2.23. The van der Waals surface area contributed by atoms with Gasteiger partial charge in [-0.3, -0.25) is 0 Å². The number of carbonyl (C=O) groups is 1. The molecule has 1 heterocycles. The molecule has 0 spiro atoms. The molecule has 0 radical (unpaired) electrons. The first-order valence-corrected chi connectivity index (χ1v) is 6.25. The summed E-state index contributed by atoms with van der Waals surface area (Å²) in [6, 6.07) is 7.82. The van der Waals surface area contributed by atoms with Crippen molar-refractivity contribution in [2.45, 2.75) is 26.8 Å². The van der Waals surface area contributed by atoms with E-state index in [1.165, 1.54) is 17.4 Å². The summed E-state index contributed by atoms with van der Waals surface area (Å²) in [5.74, 6) is -1.05. The van der Waals surface area contributed by atoms with E-state index in [1.807, 2.05) is 6.07 Å². The Balaban J connectivity index is 2.10. The number of carboxylic acid groups (broad SMARTS) is 1. The summed E-state index contributed by atoms with van der Waals surface area (Å²) in [6.07, 6.45) is 2.38. The van der Waals surface area contributed by atoms with Crippen molar-refractivity contribution < 1.29 is 14.3 Å². The Labute approximate surface area is 112 Å². The van der Waals surface area contributed by atoms with Crippen molar-refractivity contribution in [2.24, 2.45) is 0 Å². The lowest BCUT2D eigenvalue weighted by molar-refractivity contribution is 0.0661. The molecule has 2 aromatic rings. The molecule has 0 aliphatic carbocycles. The molecule has 0 atom stereocenters. The van der Waals surface area contributed by atoms with E-state index in [0.717, 1.165) is 12.1 Å². The van der Waals surface area contributed by atoms with Crippen molar-refractivity contribution in [2.75, 3.05) is 5.32 Å². The average Bonchev–Trinajstić information content (AvgIpc) is 2.86. The van der Waals surface area contributed by atoms with E-state index in [2.05, 4.69) is 31.3 Å². The Morgan fingerprint density at radius 3 is 2.79 bits per heavy atom. The molecule has 0 saturated carbocycles. The molecule has 1 aromatic carbocycles. The Morgan fingerprint density at radius 2 is 2.11 bits per heavy atom. The summed E-state index contributed by atoms with van der Waals surface area (Å²) >= 11 is 0. The molecule has 0 unspecified atom stereocenters. The molecule has 2 rings (SSSR count). The average molecular weight is 259 g/mol. The number of furan rings is 1. The third-order valence-electron chi connectivity index (χ3n) is 3.15. The molecular formula is C15H17NO3. The van der Waals surface area contributed by atoms with Crippen molar-refractivity contribution in [3.63, 3.8) is 0 Å². The summed E-state index contributed by atoms with van der Waals surface area (Å²) in [4.78, 5) is 10.9. The third kappa shape index (κ3) is 2.96. The van der Waals surface area contributed by atoms with Gasteiger partial charge in [0.05, 0.1) is 6.26 Å². The van der Waals surface area contributed by atoms with E-state index < -0.39 is 5.97 Å². The van der Waals surface area contributed by atoms with Gasteiger partial charge in [0.25, 0.3) is 0 Å². The van der Waals surface area contributed by atoms with E-state index >= 15 is 0 Å². The maximum absolute atomic E-state index is 10.9. The number of aryl methyl sites for hydroxylation is 2. The quantitative estimate of drug-likeness (QED) is 0.863. The summed E-state index contributed by atoms with van der Waals surface area (Å²) < 4.78 is 4.94. The van der Waals surface area contributed by atoms with Crippen LogP contribution in [-0.2, 0) is 13.0 Å². The first-order chi connectivity index (χ1) is 9.11. The lowest BCUT2D eigenvalue weighted by Crippen LogP contribution is -2.05. The number of rotatable bonds is 5. The lowest BCUT2D eigenvalue weighted by Gasteiger charge is -2.09. The van der Waals surface area contributed by atoms with Gasteiger partial charge in [0.15, 0.2) is 0 Å². The topological polar surface area (TPSA) is 62.5 Å². The highest BCUT2D eigenvalue weighted by Crippen LogP contribution is 2.18. The predicted octanol–water partition coefficient (Wildman–Crippen LogP) is 3.46. The van der Waals surface area contributed by atoms with E-state index in [9.17, 15) is 4.79 Å². The van der Waals surface area contributed by atoms with E-state index in [4.69, 9.17) is 9.52 Å². The van der Waals surface area contributed by atoms with Crippen LogP contribution in [0.1, 0.15) is 34.2 Å². The maximum Gasteiger partial charge on any atom is 0.372 e. The van der Waals surface area contributed by atoms with E-state index in [0.29, 0.717) is 12.1 Å². The molecule has 0 aliphatic rings. The zero-order valence-electron chi connectivity index (χ0n) is 11.1. The molecule has 2 N–H and O–H groups in total. The second-order valence-corrected chi connectivity index (χ2v) is 4.43. The van der Waals surface area contributed by atoms with Gasteiger partial charge in [0, 0.05) is 17.8 Å². The number of anilines is 1. The highest BCUT2D eigenvalue weighted by atomic mass is 16.4. The molecule has 100 valence electrons. The van der Waals surface area contributed by atoms with Crippen LogP contribution in [0.25, 0.3) is 0 Å². The Bertz CT molecular complexity index is 587. The molecule has 0 fully saturated rings. The highest BCUT2D eigenvalue weighted by molar-refractivity contribution is 5.86. The smallest absolute Gasteiger partial charge is 0.372 e. The van der Waals surface area contributed by atoms with Gasteiger partial charge in [-0.15, -0.1) is 0 Å². The van der Waals surface area contributed by atoms with Gasteiger partial charge in [-0.1, -0.05) is 13.0 Å². The van der Waals surface area contributed by atoms with E-state index in [1.54, 1.807) is 6.07 Å². The zero-order valence-corrected chi connectivity index (χ0v) is 11.1. The maximum atomic E-state index is 10.9. The normalized spacial score (nSPS) is 10.4. The number of benzene rings is 1. The van der Waals surface area contributed by atoms with Crippen molar-refractivity contribution in [3.05, 3.63) is 53.0 Å². The summed E-state index contributed by atoms with van der Waals surface area (Å²) in [5, 5.41) is 12.2. The lowest BCUT2D eigenvalue weighted by atomic mass is 10.1. The van der Waals surface area contributed by atoms with Crippen LogP contribution in [0.15, 0.2) is 34.9 Å².